The van der Waals surface area contributed by atoms with E-state index in [9.17, 15) is 4.79 Å². The van der Waals surface area contributed by atoms with Gasteiger partial charge in [-0.05, 0) is 72.6 Å². The Labute approximate surface area is 230 Å². The molecule has 0 radical (unpaired) electrons. The van der Waals surface area contributed by atoms with E-state index < -0.39 is 5.97 Å². The third-order valence-electron chi connectivity index (χ3n) is 4.39. The average molecular weight is 558 g/mol. The molecule has 10 nitrogen and oxygen atoms in total. The van der Waals surface area contributed by atoms with Gasteiger partial charge in [-0.3, -0.25) is 4.79 Å². The molecule has 38 heavy (non-hydrogen) atoms. The number of rotatable bonds is 12. The largest absolute Gasteiger partial charge is 0.493 e. The molecule has 0 aliphatic heterocycles. The Morgan fingerprint density at radius 1 is 1.08 bits per heavy atom. The maximum absolute atomic E-state index is 10.4. The van der Waals surface area contributed by atoms with Crippen molar-refractivity contribution < 1.29 is 24.2 Å². The first-order valence-corrected chi connectivity index (χ1v) is 12.5. The van der Waals surface area contributed by atoms with Crippen LogP contribution >= 0.6 is 23.5 Å². The van der Waals surface area contributed by atoms with Gasteiger partial charge in [-0.25, -0.2) is 4.72 Å². The summed E-state index contributed by atoms with van der Waals surface area (Å²) < 4.78 is 13.8. The highest BCUT2D eigenvalue weighted by atomic mass is 35.5. The van der Waals surface area contributed by atoms with Crippen LogP contribution in [0.3, 0.4) is 0 Å². The molecule has 0 amide bonds. The number of aryl methyl sites for hydroxylation is 1. The summed E-state index contributed by atoms with van der Waals surface area (Å²) in [5, 5.41) is 21.4. The Morgan fingerprint density at radius 2 is 1.76 bits per heavy atom. The van der Waals surface area contributed by atoms with Crippen molar-refractivity contribution in [3.8, 4) is 23.3 Å². The zero-order valence-electron chi connectivity index (χ0n) is 20.6. The Bertz CT molecular complexity index is 1230. The monoisotopic (exact) mass is 557 g/mol. The molecule has 0 fully saturated rings. The van der Waals surface area contributed by atoms with Crippen molar-refractivity contribution in [2.24, 2.45) is 16.6 Å². The Morgan fingerprint density at radius 3 is 2.39 bits per heavy atom. The number of carboxylic acid groups (broad SMARTS) is 1. The van der Waals surface area contributed by atoms with E-state index in [2.05, 4.69) is 9.88 Å². The fourth-order valence-corrected chi connectivity index (χ4v) is 3.49. The van der Waals surface area contributed by atoms with Gasteiger partial charge in [-0.1, -0.05) is 35.4 Å². The van der Waals surface area contributed by atoms with E-state index in [0.717, 1.165) is 17.1 Å². The number of nitrogens with two attached hydrogens (primary N) is 2. The number of carbonyl (C=O) groups is 1. The Balaban J connectivity index is 0.000000281. The summed E-state index contributed by atoms with van der Waals surface area (Å²) >= 11 is 7.16. The van der Waals surface area contributed by atoms with Gasteiger partial charge in [0.2, 0.25) is 5.96 Å². The maximum atomic E-state index is 10.4. The SMILES string of the molecule is Cc1ccc(OCCCON=C(N)N)cc1.N#Cc1c(Cl)cccc1Oc1ccc(SNCC(=O)O)cc1. The highest BCUT2D eigenvalue weighted by Gasteiger charge is 2.08. The molecule has 0 bridgehead atoms. The smallest absolute Gasteiger partial charge is 0.318 e. The standard InChI is InChI=1S/C15H11ClN2O3S.C11H17N3O2/c16-13-2-1-3-14(12(13)8-17)21-10-4-6-11(7-5-10)22-18-9-15(19)20;1-9-3-5-10(6-4-9)15-7-2-8-16-14-11(12)13/h1-7,18H,9H2,(H,19,20);3-6H,2,7-8H2,1H3,(H4,12,13,14). The number of nitrogens with zero attached hydrogens (tertiary/aromatic N) is 2. The molecule has 200 valence electrons. The number of halogens is 1. The van der Waals surface area contributed by atoms with Crippen molar-refractivity contribution in [1.82, 2.24) is 4.72 Å². The normalized spacial score (nSPS) is 9.82. The summed E-state index contributed by atoms with van der Waals surface area (Å²) in [7, 11) is 0. The van der Waals surface area contributed by atoms with Gasteiger partial charge in [0.05, 0.1) is 11.6 Å². The number of hydrogen-bond donors (Lipinski definition) is 4. The second kappa shape index (κ2) is 16.6. The van der Waals surface area contributed by atoms with Gasteiger partial charge in [0.25, 0.3) is 0 Å². The van der Waals surface area contributed by atoms with Gasteiger partial charge >= 0.3 is 5.97 Å². The Hall–Kier alpha value is -4.11. The van der Waals surface area contributed by atoms with Crippen molar-refractivity contribution in [3.63, 3.8) is 0 Å². The lowest BCUT2D eigenvalue weighted by Crippen LogP contribution is -2.23. The third-order valence-corrected chi connectivity index (χ3v) is 5.50. The molecule has 0 aliphatic carbocycles. The predicted molar refractivity (Wildman–Crippen MR) is 147 cm³/mol. The molecule has 0 spiro atoms. The molecule has 0 saturated heterocycles. The molecule has 0 heterocycles. The number of hydrogen-bond acceptors (Lipinski definition) is 8. The number of aliphatic carboxylic acids is 1. The van der Waals surface area contributed by atoms with E-state index in [0.29, 0.717) is 29.7 Å². The minimum atomic E-state index is -0.919. The van der Waals surface area contributed by atoms with Crippen molar-refractivity contribution in [2.45, 2.75) is 18.2 Å². The van der Waals surface area contributed by atoms with E-state index in [1.54, 1.807) is 42.5 Å². The number of nitrogens with one attached hydrogen (secondary N) is 1. The molecule has 0 aliphatic rings. The zero-order valence-corrected chi connectivity index (χ0v) is 22.2. The molecule has 3 aromatic carbocycles. The second-order valence-corrected chi connectivity index (χ2v) is 8.85. The summed E-state index contributed by atoms with van der Waals surface area (Å²) in [6, 6.07) is 21.9. The number of benzene rings is 3. The van der Waals surface area contributed by atoms with E-state index in [-0.39, 0.29) is 18.1 Å². The van der Waals surface area contributed by atoms with E-state index >= 15 is 0 Å². The van der Waals surface area contributed by atoms with Gasteiger partial charge in [-0.15, -0.1) is 0 Å². The molecule has 0 saturated carbocycles. The number of carboxylic acids is 1. The van der Waals surface area contributed by atoms with Crippen LogP contribution in [0.1, 0.15) is 17.5 Å². The van der Waals surface area contributed by atoms with Crippen LogP contribution in [0, 0.1) is 18.3 Å². The van der Waals surface area contributed by atoms with Crippen molar-refractivity contribution in [1.29, 1.82) is 5.26 Å². The van der Waals surface area contributed by atoms with Crippen molar-refractivity contribution >= 4 is 35.5 Å². The van der Waals surface area contributed by atoms with Crippen LogP contribution in [0.5, 0.6) is 17.2 Å². The van der Waals surface area contributed by atoms with Crippen LogP contribution in [-0.2, 0) is 9.63 Å². The lowest BCUT2D eigenvalue weighted by atomic mass is 10.2. The maximum Gasteiger partial charge on any atom is 0.318 e. The molecule has 3 aromatic rings. The molecule has 3 rings (SSSR count). The van der Waals surface area contributed by atoms with E-state index in [1.807, 2.05) is 37.3 Å². The van der Waals surface area contributed by atoms with Gasteiger partial charge in [0, 0.05) is 11.3 Å². The minimum absolute atomic E-state index is 0.0700. The summed E-state index contributed by atoms with van der Waals surface area (Å²) in [5.41, 5.74) is 11.7. The van der Waals surface area contributed by atoms with Crippen LogP contribution in [0.25, 0.3) is 0 Å². The first-order chi connectivity index (χ1) is 18.3. The van der Waals surface area contributed by atoms with Crippen LogP contribution in [0.4, 0.5) is 0 Å². The predicted octanol–water partition coefficient (Wildman–Crippen LogP) is 4.65. The first kappa shape index (κ1) is 30.1. The molecule has 0 unspecified atom stereocenters. The average Bonchev–Trinajstić information content (AvgIpc) is 2.88. The highest BCUT2D eigenvalue weighted by Crippen LogP contribution is 2.30. The van der Waals surface area contributed by atoms with Gasteiger partial charge in [0.1, 0.15) is 42.0 Å². The fraction of sp³-hybridized carbons (Fsp3) is 0.192. The van der Waals surface area contributed by atoms with Crippen LogP contribution in [0.2, 0.25) is 5.02 Å². The Kier molecular flexibility index (Phi) is 13.2. The number of nitriles is 1. The van der Waals surface area contributed by atoms with Crippen LogP contribution < -0.4 is 25.7 Å². The summed E-state index contributed by atoms with van der Waals surface area (Å²) in [5.74, 6) is 0.810. The molecule has 0 atom stereocenters. The molecular weight excluding hydrogens is 530 g/mol. The van der Waals surface area contributed by atoms with E-state index in [4.69, 9.17) is 47.7 Å². The quantitative estimate of drug-likeness (QED) is 0.0809. The van der Waals surface area contributed by atoms with E-state index in [1.165, 1.54) is 17.5 Å². The number of guanidine groups is 1. The van der Waals surface area contributed by atoms with Gasteiger partial charge in [0.15, 0.2) is 0 Å². The van der Waals surface area contributed by atoms with Gasteiger partial charge < -0.3 is 30.9 Å². The first-order valence-electron chi connectivity index (χ1n) is 11.3. The summed E-state index contributed by atoms with van der Waals surface area (Å²) in [6.45, 7) is 2.91. The van der Waals surface area contributed by atoms with Crippen LogP contribution in [0.15, 0.2) is 76.8 Å². The van der Waals surface area contributed by atoms with Crippen molar-refractivity contribution in [3.05, 3.63) is 82.9 Å². The fourth-order valence-electron chi connectivity index (χ4n) is 2.65. The summed E-state index contributed by atoms with van der Waals surface area (Å²) in [4.78, 5) is 16.1. The number of ether oxygens (including phenoxy) is 2. The van der Waals surface area contributed by atoms with Gasteiger partial charge in [-0.2, -0.15) is 5.26 Å². The molecule has 0 aromatic heterocycles. The molecular formula is C26H28ClN5O5S. The minimum Gasteiger partial charge on any atom is -0.493 e. The molecule has 12 heteroatoms. The topological polar surface area (TPSA) is 165 Å². The van der Waals surface area contributed by atoms with Crippen molar-refractivity contribution in [2.75, 3.05) is 19.8 Å². The highest BCUT2D eigenvalue weighted by molar-refractivity contribution is 7.97. The molecule has 6 N–H and O–H groups in total. The second-order valence-electron chi connectivity index (χ2n) is 7.48. The lowest BCUT2D eigenvalue weighted by Gasteiger charge is -2.09. The summed E-state index contributed by atoms with van der Waals surface area (Å²) in [6.07, 6.45) is 0.727. The third kappa shape index (κ3) is 11.7. The lowest BCUT2D eigenvalue weighted by molar-refractivity contribution is -0.135. The zero-order chi connectivity index (χ0) is 27.8. The van der Waals surface area contributed by atoms with Crippen LogP contribution in [-0.4, -0.2) is 36.8 Å². The number of oxime groups is 1.